The number of hydrogen-bond donors (Lipinski definition) is 1. The molecule has 2 aromatic rings. The maximum absolute atomic E-state index is 12.5. The first-order valence-corrected chi connectivity index (χ1v) is 8.87. The molecule has 2 amide bonds. The van der Waals surface area contributed by atoms with Crippen molar-refractivity contribution in [2.24, 2.45) is 0 Å². The number of rotatable bonds is 4. The molecule has 1 fully saturated rings. The van der Waals surface area contributed by atoms with Crippen molar-refractivity contribution >= 4 is 11.8 Å². The Kier molecular flexibility index (Phi) is 5.56. The van der Waals surface area contributed by atoms with Crippen LogP contribution in [0.5, 0.6) is 5.75 Å². The molecule has 5 nitrogen and oxygen atoms in total. The first kappa shape index (κ1) is 18.0. The molecule has 0 radical (unpaired) electrons. The Morgan fingerprint density at radius 1 is 0.962 bits per heavy atom. The van der Waals surface area contributed by atoms with Gasteiger partial charge >= 0.3 is 0 Å². The van der Waals surface area contributed by atoms with E-state index in [-0.39, 0.29) is 17.9 Å². The molecule has 1 aliphatic heterocycles. The topological polar surface area (TPSA) is 58.6 Å². The second-order valence-electron chi connectivity index (χ2n) is 6.63. The normalized spacial score (nSPS) is 14.8. The average molecular weight is 352 g/mol. The minimum absolute atomic E-state index is 0.0601. The molecule has 1 aliphatic rings. The Morgan fingerprint density at radius 2 is 1.54 bits per heavy atom. The molecule has 1 heterocycles. The van der Waals surface area contributed by atoms with Crippen LogP contribution in [0.1, 0.15) is 39.1 Å². The summed E-state index contributed by atoms with van der Waals surface area (Å²) < 4.78 is 5.11. The second-order valence-corrected chi connectivity index (χ2v) is 6.63. The average Bonchev–Trinajstić information content (AvgIpc) is 2.68. The van der Waals surface area contributed by atoms with Gasteiger partial charge in [-0.2, -0.15) is 0 Å². The number of amides is 2. The third kappa shape index (κ3) is 4.23. The summed E-state index contributed by atoms with van der Waals surface area (Å²) in [5, 5.41) is 3.06. The monoisotopic (exact) mass is 352 g/mol. The van der Waals surface area contributed by atoms with Gasteiger partial charge in [-0.3, -0.25) is 9.59 Å². The number of benzene rings is 2. The van der Waals surface area contributed by atoms with Crippen molar-refractivity contribution in [2.45, 2.75) is 25.8 Å². The van der Waals surface area contributed by atoms with E-state index in [9.17, 15) is 9.59 Å². The van der Waals surface area contributed by atoms with Gasteiger partial charge in [-0.05, 0) is 56.2 Å². The first-order chi connectivity index (χ1) is 12.6. The highest BCUT2D eigenvalue weighted by Gasteiger charge is 2.24. The summed E-state index contributed by atoms with van der Waals surface area (Å²) in [5.74, 6) is 0.699. The van der Waals surface area contributed by atoms with Crippen LogP contribution in [0.4, 0.5) is 0 Å². The fourth-order valence-corrected chi connectivity index (χ4v) is 3.12. The molecule has 0 spiro atoms. The van der Waals surface area contributed by atoms with Crippen molar-refractivity contribution in [2.75, 3.05) is 20.2 Å². The zero-order chi connectivity index (χ0) is 18.5. The lowest BCUT2D eigenvalue weighted by molar-refractivity contribution is 0.0698. The molecule has 1 saturated heterocycles. The molecule has 26 heavy (non-hydrogen) atoms. The molecular weight excluding hydrogens is 328 g/mol. The number of nitrogens with one attached hydrogen (secondary N) is 1. The number of methoxy groups -OCH3 is 1. The van der Waals surface area contributed by atoms with Gasteiger partial charge in [0.15, 0.2) is 0 Å². The van der Waals surface area contributed by atoms with Gasteiger partial charge in [0.05, 0.1) is 7.11 Å². The molecular formula is C21H24N2O3. The van der Waals surface area contributed by atoms with E-state index in [0.29, 0.717) is 18.7 Å². The number of aryl methyl sites for hydroxylation is 1. The van der Waals surface area contributed by atoms with Crippen LogP contribution in [0.2, 0.25) is 0 Å². The molecule has 0 atom stereocenters. The molecule has 2 aromatic carbocycles. The zero-order valence-corrected chi connectivity index (χ0v) is 15.2. The van der Waals surface area contributed by atoms with Gasteiger partial charge < -0.3 is 15.0 Å². The van der Waals surface area contributed by atoms with Crippen LogP contribution in [-0.2, 0) is 0 Å². The maximum Gasteiger partial charge on any atom is 0.253 e. The summed E-state index contributed by atoms with van der Waals surface area (Å²) >= 11 is 0. The van der Waals surface area contributed by atoms with Crippen molar-refractivity contribution in [1.29, 1.82) is 0 Å². The molecule has 5 heteroatoms. The van der Waals surface area contributed by atoms with Crippen LogP contribution in [0.25, 0.3) is 0 Å². The number of nitrogens with zero attached hydrogens (tertiary/aromatic N) is 1. The molecule has 0 aliphatic carbocycles. The van der Waals surface area contributed by atoms with Crippen LogP contribution in [0, 0.1) is 6.92 Å². The fraction of sp³-hybridized carbons (Fsp3) is 0.333. The summed E-state index contributed by atoms with van der Waals surface area (Å²) in [5.41, 5.74) is 2.47. The number of carbonyl (C=O) groups excluding carboxylic acids is 2. The van der Waals surface area contributed by atoms with Crippen molar-refractivity contribution in [1.82, 2.24) is 10.2 Å². The van der Waals surface area contributed by atoms with Gasteiger partial charge in [0.25, 0.3) is 11.8 Å². The second kappa shape index (κ2) is 8.04. The van der Waals surface area contributed by atoms with E-state index in [1.54, 1.807) is 31.4 Å². The lowest BCUT2D eigenvalue weighted by atomic mass is 10.0. The van der Waals surface area contributed by atoms with E-state index in [1.165, 1.54) is 0 Å². The molecule has 3 rings (SSSR count). The lowest BCUT2D eigenvalue weighted by Crippen LogP contribution is -2.46. The van der Waals surface area contributed by atoms with E-state index in [2.05, 4.69) is 5.32 Å². The van der Waals surface area contributed by atoms with Gasteiger partial charge in [0.2, 0.25) is 0 Å². The highest BCUT2D eigenvalue weighted by Crippen LogP contribution is 2.16. The largest absolute Gasteiger partial charge is 0.497 e. The Morgan fingerprint density at radius 3 is 2.12 bits per heavy atom. The Labute approximate surface area is 154 Å². The summed E-state index contributed by atoms with van der Waals surface area (Å²) in [6.45, 7) is 3.31. The van der Waals surface area contributed by atoms with Crippen molar-refractivity contribution < 1.29 is 14.3 Å². The Bertz CT molecular complexity index is 761. The molecule has 1 N–H and O–H groups in total. The SMILES string of the molecule is COc1ccc(C(=O)NC2CCN(C(=O)c3ccc(C)cc3)CC2)cc1. The minimum atomic E-state index is -0.0871. The van der Waals surface area contributed by atoms with Gasteiger partial charge in [-0.25, -0.2) is 0 Å². The maximum atomic E-state index is 12.5. The van der Waals surface area contributed by atoms with E-state index < -0.39 is 0 Å². The van der Waals surface area contributed by atoms with Crippen LogP contribution < -0.4 is 10.1 Å². The smallest absolute Gasteiger partial charge is 0.253 e. The molecule has 0 aromatic heterocycles. The molecule has 0 saturated carbocycles. The van der Waals surface area contributed by atoms with Crippen LogP contribution in [0.3, 0.4) is 0 Å². The van der Waals surface area contributed by atoms with E-state index in [0.717, 1.165) is 29.7 Å². The summed E-state index contributed by atoms with van der Waals surface area (Å²) in [6.07, 6.45) is 1.53. The minimum Gasteiger partial charge on any atom is -0.497 e. The predicted octanol–water partition coefficient (Wildman–Crippen LogP) is 3.04. The van der Waals surface area contributed by atoms with Gasteiger partial charge in [0.1, 0.15) is 5.75 Å². The highest BCUT2D eigenvalue weighted by molar-refractivity contribution is 5.95. The lowest BCUT2D eigenvalue weighted by Gasteiger charge is -2.32. The number of hydrogen-bond acceptors (Lipinski definition) is 3. The summed E-state index contributed by atoms with van der Waals surface area (Å²) in [4.78, 5) is 26.8. The van der Waals surface area contributed by atoms with Crippen molar-refractivity contribution in [3.05, 3.63) is 65.2 Å². The number of likely N-dealkylation sites (tertiary alicyclic amines) is 1. The van der Waals surface area contributed by atoms with Gasteiger partial charge in [-0.15, -0.1) is 0 Å². The third-order valence-corrected chi connectivity index (χ3v) is 4.77. The Hall–Kier alpha value is -2.82. The third-order valence-electron chi connectivity index (χ3n) is 4.77. The zero-order valence-electron chi connectivity index (χ0n) is 15.2. The number of ether oxygens (including phenoxy) is 1. The standard InChI is InChI=1S/C21H24N2O3/c1-15-3-5-17(6-4-15)21(25)23-13-11-18(12-14-23)22-20(24)16-7-9-19(26-2)10-8-16/h3-10,18H,11-14H2,1-2H3,(H,22,24). The van der Waals surface area contributed by atoms with Crippen molar-refractivity contribution in [3.63, 3.8) is 0 Å². The van der Waals surface area contributed by atoms with Crippen LogP contribution in [-0.4, -0.2) is 43.0 Å². The molecule has 0 unspecified atom stereocenters. The summed E-state index contributed by atoms with van der Waals surface area (Å²) in [7, 11) is 1.60. The highest BCUT2D eigenvalue weighted by atomic mass is 16.5. The number of carbonyl (C=O) groups is 2. The first-order valence-electron chi connectivity index (χ1n) is 8.87. The molecule has 0 bridgehead atoms. The van der Waals surface area contributed by atoms with Gasteiger partial charge in [-0.1, -0.05) is 17.7 Å². The fourth-order valence-electron chi connectivity index (χ4n) is 3.12. The quantitative estimate of drug-likeness (QED) is 0.920. The number of piperidine rings is 1. The van der Waals surface area contributed by atoms with E-state index >= 15 is 0 Å². The van der Waals surface area contributed by atoms with E-state index in [1.807, 2.05) is 36.1 Å². The van der Waals surface area contributed by atoms with Gasteiger partial charge in [0, 0.05) is 30.3 Å². The van der Waals surface area contributed by atoms with Crippen LogP contribution in [0.15, 0.2) is 48.5 Å². The van der Waals surface area contributed by atoms with Crippen LogP contribution >= 0.6 is 0 Å². The van der Waals surface area contributed by atoms with E-state index in [4.69, 9.17) is 4.74 Å². The van der Waals surface area contributed by atoms with Crippen molar-refractivity contribution in [3.8, 4) is 5.75 Å². The molecule has 136 valence electrons. The Balaban J connectivity index is 1.52. The summed E-state index contributed by atoms with van der Waals surface area (Å²) in [6, 6.07) is 14.8. The predicted molar refractivity (Wildman–Crippen MR) is 101 cm³/mol.